The second kappa shape index (κ2) is 5.65. The summed E-state index contributed by atoms with van der Waals surface area (Å²) in [6.07, 6.45) is 2.37. The summed E-state index contributed by atoms with van der Waals surface area (Å²) in [5, 5.41) is 0. The Kier molecular flexibility index (Phi) is 4.49. The first kappa shape index (κ1) is 12.7. The van der Waals surface area contributed by atoms with Crippen molar-refractivity contribution in [2.75, 3.05) is 19.1 Å². The van der Waals surface area contributed by atoms with Crippen molar-refractivity contribution >= 4 is 23.0 Å². The molecule has 1 rings (SSSR count). The summed E-state index contributed by atoms with van der Waals surface area (Å²) < 4.78 is 5.05. The van der Waals surface area contributed by atoms with Crippen molar-refractivity contribution < 1.29 is 4.74 Å². The second-order valence-electron chi connectivity index (χ2n) is 3.69. The number of rotatable bonds is 5. The van der Waals surface area contributed by atoms with Gasteiger partial charge in [0.2, 0.25) is 0 Å². The van der Waals surface area contributed by atoms with Gasteiger partial charge in [0, 0.05) is 19.5 Å². The molecule has 2 N–H and O–H groups in total. The van der Waals surface area contributed by atoms with Crippen LogP contribution in [0, 0.1) is 0 Å². The zero-order valence-corrected chi connectivity index (χ0v) is 10.6. The minimum Gasteiger partial charge on any atom is -0.495 e. The van der Waals surface area contributed by atoms with E-state index in [1.165, 1.54) is 0 Å². The maximum atomic E-state index is 5.52. The van der Waals surface area contributed by atoms with Crippen molar-refractivity contribution in [1.29, 1.82) is 0 Å². The fourth-order valence-electron chi connectivity index (χ4n) is 1.36. The predicted octanol–water partition coefficient (Wildman–Crippen LogP) is 1.59. The van der Waals surface area contributed by atoms with Gasteiger partial charge in [-0.25, -0.2) is 4.98 Å². The predicted molar refractivity (Wildman–Crippen MR) is 70.1 cm³/mol. The molecule has 0 radical (unpaired) electrons. The average Bonchev–Trinajstić information content (AvgIpc) is 2.27. The molecule has 1 unspecified atom stereocenters. The van der Waals surface area contributed by atoms with E-state index < -0.39 is 0 Å². The van der Waals surface area contributed by atoms with Gasteiger partial charge in [0.15, 0.2) is 0 Å². The smallest absolute Gasteiger partial charge is 0.137 e. The monoisotopic (exact) mass is 239 g/mol. The number of ether oxygens (including phenoxy) is 1. The van der Waals surface area contributed by atoms with Crippen molar-refractivity contribution in [2.45, 2.75) is 19.4 Å². The van der Waals surface area contributed by atoms with Crippen LogP contribution in [0.2, 0.25) is 0 Å². The molecule has 1 heterocycles. The van der Waals surface area contributed by atoms with Gasteiger partial charge < -0.3 is 15.4 Å². The third-order valence-corrected chi connectivity index (χ3v) is 2.64. The summed E-state index contributed by atoms with van der Waals surface area (Å²) in [5.74, 6) is 1.63. The zero-order valence-electron chi connectivity index (χ0n) is 9.80. The van der Waals surface area contributed by atoms with Crippen LogP contribution in [0.15, 0.2) is 18.3 Å². The Morgan fingerprint density at radius 2 is 2.31 bits per heavy atom. The molecule has 0 aromatic carbocycles. The molecular formula is C11H17N3OS. The van der Waals surface area contributed by atoms with Crippen LogP contribution in [0.5, 0.6) is 5.75 Å². The number of nitrogens with zero attached hydrogens (tertiary/aromatic N) is 2. The Hall–Kier alpha value is -1.36. The Morgan fingerprint density at radius 1 is 1.62 bits per heavy atom. The SMILES string of the molecule is COc1ccc(N(C)C(C)CC(N)=S)nc1. The van der Waals surface area contributed by atoms with Gasteiger partial charge in [-0.2, -0.15) is 0 Å². The molecule has 0 aliphatic heterocycles. The average molecular weight is 239 g/mol. The Labute approximate surface area is 101 Å². The quantitative estimate of drug-likeness (QED) is 0.791. The zero-order chi connectivity index (χ0) is 12.1. The van der Waals surface area contributed by atoms with Gasteiger partial charge in [0.05, 0.1) is 18.3 Å². The Morgan fingerprint density at radius 3 is 2.75 bits per heavy atom. The highest BCUT2D eigenvalue weighted by molar-refractivity contribution is 7.80. The lowest BCUT2D eigenvalue weighted by atomic mass is 10.2. The van der Waals surface area contributed by atoms with Gasteiger partial charge in [-0.15, -0.1) is 0 Å². The lowest BCUT2D eigenvalue weighted by Gasteiger charge is -2.25. The molecule has 0 fully saturated rings. The van der Waals surface area contributed by atoms with Crippen molar-refractivity contribution in [2.24, 2.45) is 5.73 Å². The summed E-state index contributed by atoms with van der Waals surface area (Å²) in [6.45, 7) is 2.06. The van der Waals surface area contributed by atoms with E-state index in [4.69, 9.17) is 22.7 Å². The number of thiocarbonyl (C=S) groups is 1. The number of anilines is 1. The summed E-state index contributed by atoms with van der Waals surface area (Å²) in [5.41, 5.74) is 5.52. The van der Waals surface area contributed by atoms with E-state index in [-0.39, 0.29) is 6.04 Å². The summed E-state index contributed by atoms with van der Waals surface area (Å²) in [7, 11) is 3.59. The molecule has 5 heteroatoms. The van der Waals surface area contributed by atoms with E-state index in [2.05, 4.69) is 11.9 Å². The van der Waals surface area contributed by atoms with Crippen LogP contribution < -0.4 is 15.4 Å². The number of methoxy groups -OCH3 is 1. The number of nitrogens with two attached hydrogens (primary N) is 1. The van der Waals surface area contributed by atoms with Crippen LogP contribution >= 0.6 is 12.2 Å². The number of hydrogen-bond donors (Lipinski definition) is 1. The van der Waals surface area contributed by atoms with Crippen LogP contribution in [-0.4, -0.2) is 30.2 Å². The highest BCUT2D eigenvalue weighted by atomic mass is 32.1. The highest BCUT2D eigenvalue weighted by Crippen LogP contribution is 2.17. The van der Waals surface area contributed by atoms with Crippen molar-refractivity contribution in [1.82, 2.24) is 4.98 Å². The molecule has 16 heavy (non-hydrogen) atoms. The van der Waals surface area contributed by atoms with E-state index in [0.29, 0.717) is 11.4 Å². The van der Waals surface area contributed by atoms with E-state index >= 15 is 0 Å². The third-order valence-electron chi connectivity index (χ3n) is 2.48. The first-order valence-corrected chi connectivity index (χ1v) is 5.46. The van der Waals surface area contributed by atoms with Crippen molar-refractivity contribution in [3.8, 4) is 5.75 Å². The Bertz CT molecular complexity index is 353. The fraction of sp³-hybridized carbons (Fsp3) is 0.455. The molecule has 0 amide bonds. The van der Waals surface area contributed by atoms with Gasteiger partial charge >= 0.3 is 0 Å². The summed E-state index contributed by atoms with van der Waals surface area (Å²) in [4.78, 5) is 6.86. The summed E-state index contributed by atoms with van der Waals surface area (Å²) >= 11 is 4.89. The molecule has 1 aromatic heterocycles. The molecule has 0 aliphatic carbocycles. The van der Waals surface area contributed by atoms with E-state index in [0.717, 1.165) is 11.6 Å². The largest absolute Gasteiger partial charge is 0.495 e. The molecule has 0 bridgehead atoms. The Balaban J connectivity index is 2.71. The van der Waals surface area contributed by atoms with Crippen LogP contribution in [0.3, 0.4) is 0 Å². The van der Waals surface area contributed by atoms with Gasteiger partial charge in [-0.1, -0.05) is 12.2 Å². The van der Waals surface area contributed by atoms with E-state index in [1.54, 1.807) is 13.3 Å². The van der Waals surface area contributed by atoms with Crippen LogP contribution in [0.1, 0.15) is 13.3 Å². The lowest BCUT2D eigenvalue weighted by Crippen LogP contribution is -2.32. The van der Waals surface area contributed by atoms with Gasteiger partial charge in [-0.3, -0.25) is 0 Å². The van der Waals surface area contributed by atoms with Crippen LogP contribution in [0.4, 0.5) is 5.82 Å². The maximum absolute atomic E-state index is 5.52. The fourth-order valence-corrected chi connectivity index (χ4v) is 1.60. The minimum absolute atomic E-state index is 0.235. The van der Waals surface area contributed by atoms with E-state index in [9.17, 15) is 0 Å². The highest BCUT2D eigenvalue weighted by Gasteiger charge is 2.11. The molecule has 4 nitrogen and oxygen atoms in total. The first-order valence-electron chi connectivity index (χ1n) is 5.05. The van der Waals surface area contributed by atoms with Crippen molar-refractivity contribution in [3.05, 3.63) is 18.3 Å². The van der Waals surface area contributed by atoms with Crippen molar-refractivity contribution in [3.63, 3.8) is 0 Å². The molecule has 0 spiro atoms. The number of pyridine rings is 1. The van der Waals surface area contributed by atoms with Gasteiger partial charge in [0.1, 0.15) is 11.6 Å². The van der Waals surface area contributed by atoms with Crippen LogP contribution in [0.25, 0.3) is 0 Å². The van der Waals surface area contributed by atoms with Gasteiger partial charge in [-0.05, 0) is 19.1 Å². The maximum Gasteiger partial charge on any atom is 0.137 e. The number of aromatic nitrogens is 1. The normalized spacial score (nSPS) is 11.9. The first-order chi connectivity index (χ1) is 7.54. The molecule has 88 valence electrons. The molecule has 0 saturated heterocycles. The molecule has 1 atom stereocenters. The van der Waals surface area contributed by atoms with Gasteiger partial charge in [0.25, 0.3) is 0 Å². The molecule has 0 aliphatic rings. The standard InChI is InChI=1S/C11H17N3OS/c1-8(6-10(12)16)14(2)11-5-4-9(15-3)7-13-11/h4-5,7-8H,6H2,1-3H3,(H2,12,16). The topological polar surface area (TPSA) is 51.4 Å². The lowest BCUT2D eigenvalue weighted by molar-refractivity contribution is 0.413. The molecular weight excluding hydrogens is 222 g/mol. The molecule has 1 aromatic rings. The third kappa shape index (κ3) is 3.34. The minimum atomic E-state index is 0.235. The molecule has 0 saturated carbocycles. The summed E-state index contributed by atoms with van der Waals surface area (Å²) in [6, 6.07) is 4.03. The van der Waals surface area contributed by atoms with Crippen LogP contribution in [-0.2, 0) is 0 Å². The van der Waals surface area contributed by atoms with E-state index in [1.807, 2.05) is 24.1 Å². The second-order valence-corrected chi connectivity index (χ2v) is 4.21. The number of hydrogen-bond acceptors (Lipinski definition) is 4.